The Kier molecular flexibility index (Phi) is 2.26. The Morgan fingerprint density at radius 2 is 2.21 bits per heavy atom. The maximum Gasteiger partial charge on any atom is 0.254 e. The van der Waals surface area contributed by atoms with Gasteiger partial charge >= 0.3 is 0 Å². The molecule has 1 N–H and O–H groups in total. The molecular weight excluding hydrogens is 185 g/mol. The average molecular weight is 201 g/mol. The zero-order valence-corrected chi connectivity index (χ0v) is 8.37. The fourth-order valence-electron chi connectivity index (χ4n) is 1.83. The van der Waals surface area contributed by atoms with E-state index >= 15 is 0 Å². The molecule has 0 spiro atoms. The largest absolute Gasteiger partial charge is 0.380 e. The smallest absolute Gasteiger partial charge is 0.254 e. The number of hydrogen-bond acceptors (Lipinski definition) is 2. The van der Waals surface area contributed by atoms with Crippen LogP contribution in [-0.2, 0) is 4.79 Å². The van der Waals surface area contributed by atoms with E-state index < -0.39 is 11.8 Å². The second kappa shape index (κ2) is 3.19. The van der Waals surface area contributed by atoms with Gasteiger partial charge in [-0.1, -0.05) is 6.92 Å². The van der Waals surface area contributed by atoms with Crippen LogP contribution in [-0.4, -0.2) is 40.8 Å². The summed E-state index contributed by atoms with van der Waals surface area (Å²) >= 11 is 0. The number of carbonyl (C=O) groups excluding carboxylic acids is 1. The lowest BCUT2D eigenvalue weighted by Gasteiger charge is -2.34. The van der Waals surface area contributed by atoms with Crippen molar-refractivity contribution >= 4 is 5.91 Å². The molecular formula is C10H16FNO2. The summed E-state index contributed by atoms with van der Waals surface area (Å²) in [6.07, 6.45) is 0.835. The average Bonchev–Trinajstić information content (AvgIpc) is 2.89. The molecule has 1 aliphatic carbocycles. The van der Waals surface area contributed by atoms with Crippen LogP contribution in [0.4, 0.5) is 4.39 Å². The molecule has 4 heteroatoms. The normalized spacial score (nSPS) is 35.5. The molecule has 1 aliphatic heterocycles. The standard InChI is InChI=1S/C10H16FNO2/c1-7-2-5-12(6-8(7)11)9(13)10(14)3-4-10/h7-8,14H,2-6H2,1H3/t7-,8+/m1/s1. The number of nitrogens with zero attached hydrogens (tertiary/aromatic N) is 1. The van der Waals surface area contributed by atoms with Crippen molar-refractivity contribution in [3.05, 3.63) is 0 Å². The van der Waals surface area contributed by atoms with Gasteiger partial charge in [0.1, 0.15) is 11.8 Å². The van der Waals surface area contributed by atoms with Gasteiger partial charge in [0.2, 0.25) is 0 Å². The SMILES string of the molecule is C[C@@H]1CCN(C(=O)C2(O)CC2)C[C@@H]1F. The summed E-state index contributed by atoms with van der Waals surface area (Å²) in [6.45, 7) is 2.60. The molecule has 0 bridgehead atoms. The maximum atomic E-state index is 13.3. The van der Waals surface area contributed by atoms with Crippen LogP contribution in [0.2, 0.25) is 0 Å². The van der Waals surface area contributed by atoms with E-state index in [0.717, 1.165) is 0 Å². The van der Waals surface area contributed by atoms with Crippen LogP contribution >= 0.6 is 0 Å². The summed E-state index contributed by atoms with van der Waals surface area (Å²) in [7, 11) is 0. The van der Waals surface area contributed by atoms with E-state index in [-0.39, 0.29) is 18.4 Å². The van der Waals surface area contributed by atoms with Crippen LogP contribution in [0.1, 0.15) is 26.2 Å². The quantitative estimate of drug-likeness (QED) is 0.679. The van der Waals surface area contributed by atoms with Crippen molar-refractivity contribution in [1.29, 1.82) is 0 Å². The van der Waals surface area contributed by atoms with Crippen molar-refractivity contribution in [2.75, 3.05) is 13.1 Å². The molecule has 2 fully saturated rings. The molecule has 3 nitrogen and oxygen atoms in total. The minimum Gasteiger partial charge on any atom is -0.380 e. The molecule has 80 valence electrons. The lowest BCUT2D eigenvalue weighted by atomic mass is 9.97. The van der Waals surface area contributed by atoms with Crippen LogP contribution in [0.3, 0.4) is 0 Å². The molecule has 1 saturated heterocycles. The van der Waals surface area contributed by atoms with Crippen LogP contribution in [0.25, 0.3) is 0 Å². The summed E-state index contributed by atoms with van der Waals surface area (Å²) in [6, 6.07) is 0. The van der Waals surface area contributed by atoms with E-state index in [0.29, 0.717) is 25.8 Å². The van der Waals surface area contributed by atoms with Gasteiger partial charge < -0.3 is 10.0 Å². The molecule has 2 rings (SSSR count). The van der Waals surface area contributed by atoms with Crippen LogP contribution in [0.5, 0.6) is 0 Å². The highest BCUT2D eigenvalue weighted by Gasteiger charge is 2.51. The van der Waals surface area contributed by atoms with E-state index in [1.54, 1.807) is 0 Å². The molecule has 14 heavy (non-hydrogen) atoms. The number of rotatable bonds is 1. The second-order valence-corrected chi connectivity index (χ2v) is 4.56. The van der Waals surface area contributed by atoms with Gasteiger partial charge in [-0.2, -0.15) is 0 Å². The molecule has 2 atom stereocenters. The lowest BCUT2D eigenvalue weighted by Crippen LogP contribution is -2.48. The van der Waals surface area contributed by atoms with Gasteiger partial charge in [0.25, 0.3) is 5.91 Å². The molecule has 1 saturated carbocycles. The van der Waals surface area contributed by atoms with Gasteiger partial charge in [-0.3, -0.25) is 4.79 Å². The number of likely N-dealkylation sites (tertiary alicyclic amines) is 1. The van der Waals surface area contributed by atoms with Gasteiger partial charge in [-0.05, 0) is 25.2 Å². The zero-order chi connectivity index (χ0) is 10.3. The van der Waals surface area contributed by atoms with Crippen LogP contribution in [0, 0.1) is 5.92 Å². The highest BCUT2D eigenvalue weighted by atomic mass is 19.1. The third-order valence-corrected chi connectivity index (χ3v) is 3.28. The van der Waals surface area contributed by atoms with Crippen molar-refractivity contribution in [1.82, 2.24) is 4.90 Å². The minimum absolute atomic E-state index is 0.0351. The summed E-state index contributed by atoms with van der Waals surface area (Å²) in [4.78, 5) is 13.1. The molecule has 1 heterocycles. The first-order valence-electron chi connectivity index (χ1n) is 5.19. The summed E-state index contributed by atoms with van der Waals surface area (Å²) in [5.74, 6) is -0.236. The van der Waals surface area contributed by atoms with Gasteiger partial charge in [0, 0.05) is 6.54 Å². The number of hydrogen-bond donors (Lipinski definition) is 1. The molecule has 0 radical (unpaired) electrons. The van der Waals surface area contributed by atoms with Crippen molar-refractivity contribution in [2.45, 2.75) is 38.0 Å². The highest BCUT2D eigenvalue weighted by molar-refractivity contribution is 5.87. The molecule has 2 aliphatic rings. The summed E-state index contributed by atoms with van der Waals surface area (Å²) in [5.41, 5.74) is -1.14. The monoisotopic (exact) mass is 201 g/mol. The van der Waals surface area contributed by atoms with E-state index in [1.165, 1.54) is 4.90 Å². The number of halogens is 1. The zero-order valence-electron chi connectivity index (χ0n) is 8.37. The Hall–Kier alpha value is -0.640. The Morgan fingerprint density at radius 1 is 1.57 bits per heavy atom. The number of carbonyl (C=O) groups is 1. The van der Waals surface area contributed by atoms with E-state index in [1.807, 2.05) is 6.92 Å². The number of piperidine rings is 1. The van der Waals surface area contributed by atoms with Crippen molar-refractivity contribution in [3.63, 3.8) is 0 Å². The van der Waals surface area contributed by atoms with Gasteiger partial charge in [0.15, 0.2) is 0 Å². The Labute approximate surface area is 82.9 Å². The van der Waals surface area contributed by atoms with Crippen molar-refractivity contribution in [3.8, 4) is 0 Å². The fourth-order valence-corrected chi connectivity index (χ4v) is 1.83. The Balaban J connectivity index is 1.96. The first kappa shape index (κ1) is 9.90. The van der Waals surface area contributed by atoms with Crippen LogP contribution < -0.4 is 0 Å². The molecule has 1 amide bonds. The Morgan fingerprint density at radius 3 is 2.71 bits per heavy atom. The highest BCUT2D eigenvalue weighted by Crippen LogP contribution is 2.37. The molecule has 0 aromatic rings. The minimum atomic E-state index is -1.14. The van der Waals surface area contributed by atoms with E-state index in [9.17, 15) is 14.3 Å². The Bertz CT molecular complexity index is 253. The third-order valence-electron chi connectivity index (χ3n) is 3.28. The first-order valence-corrected chi connectivity index (χ1v) is 5.19. The van der Waals surface area contributed by atoms with Crippen molar-refractivity contribution in [2.24, 2.45) is 5.92 Å². The second-order valence-electron chi connectivity index (χ2n) is 4.56. The summed E-state index contributed by atoms with van der Waals surface area (Å²) in [5, 5.41) is 9.59. The maximum absolute atomic E-state index is 13.3. The van der Waals surface area contributed by atoms with Gasteiger partial charge in [0.05, 0.1) is 6.54 Å². The number of aliphatic hydroxyl groups is 1. The van der Waals surface area contributed by atoms with Gasteiger partial charge in [-0.25, -0.2) is 4.39 Å². The lowest BCUT2D eigenvalue weighted by molar-refractivity contribution is -0.145. The predicted molar refractivity (Wildman–Crippen MR) is 49.4 cm³/mol. The summed E-state index contributed by atoms with van der Waals surface area (Å²) < 4.78 is 13.3. The van der Waals surface area contributed by atoms with Gasteiger partial charge in [-0.15, -0.1) is 0 Å². The molecule has 0 aromatic heterocycles. The van der Waals surface area contributed by atoms with Crippen molar-refractivity contribution < 1.29 is 14.3 Å². The van der Waals surface area contributed by atoms with E-state index in [4.69, 9.17) is 0 Å². The predicted octanol–water partition coefficient (Wildman–Crippen LogP) is 0.718. The topological polar surface area (TPSA) is 40.5 Å². The van der Waals surface area contributed by atoms with E-state index in [2.05, 4.69) is 0 Å². The number of amides is 1. The first-order chi connectivity index (χ1) is 6.53. The molecule has 0 aromatic carbocycles. The fraction of sp³-hybridized carbons (Fsp3) is 0.900. The number of alkyl halides is 1. The third kappa shape index (κ3) is 1.63. The molecule has 0 unspecified atom stereocenters. The van der Waals surface area contributed by atoms with Crippen LogP contribution in [0.15, 0.2) is 0 Å².